The van der Waals surface area contributed by atoms with Crippen molar-refractivity contribution in [2.75, 3.05) is 11.4 Å². The summed E-state index contributed by atoms with van der Waals surface area (Å²) in [4.78, 5) is 42.6. The number of imidazole rings is 1. The van der Waals surface area contributed by atoms with Crippen molar-refractivity contribution in [3.8, 4) is 6.19 Å². The Morgan fingerprint density at radius 1 is 1.19 bits per heavy atom. The molecule has 2 amide bonds. The van der Waals surface area contributed by atoms with E-state index < -0.39 is 24.1 Å². The summed E-state index contributed by atoms with van der Waals surface area (Å²) < 4.78 is 0. The van der Waals surface area contributed by atoms with Crippen LogP contribution in [0.15, 0.2) is 48.8 Å². The van der Waals surface area contributed by atoms with Gasteiger partial charge in [-0.25, -0.2) is 4.98 Å². The van der Waals surface area contributed by atoms with Crippen LogP contribution in [0, 0.1) is 11.5 Å². The van der Waals surface area contributed by atoms with Gasteiger partial charge in [0.15, 0.2) is 6.19 Å². The topological polar surface area (TPSA) is 138 Å². The summed E-state index contributed by atoms with van der Waals surface area (Å²) in [6.07, 6.45) is 9.49. The average Bonchev–Trinajstić information content (AvgIpc) is 3.50. The maximum Gasteiger partial charge on any atom is 0.253 e. The van der Waals surface area contributed by atoms with Crippen LogP contribution in [0.25, 0.3) is 11.0 Å². The molecular weight excluding hydrogens is 458 g/mol. The lowest BCUT2D eigenvalue weighted by atomic mass is 9.94. The molecule has 3 heterocycles. The van der Waals surface area contributed by atoms with Gasteiger partial charge in [0.05, 0.1) is 23.7 Å². The summed E-state index contributed by atoms with van der Waals surface area (Å²) in [7, 11) is 0. The Bertz CT molecular complexity index is 1230. The van der Waals surface area contributed by atoms with Gasteiger partial charge in [-0.1, -0.05) is 37.5 Å². The number of benzene rings is 1. The molecule has 186 valence electrons. The molecule has 10 heteroatoms. The van der Waals surface area contributed by atoms with Gasteiger partial charge in [-0.3, -0.25) is 24.4 Å². The van der Waals surface area contributed by atoms with Crippen molar-refractivity contribution in [3.63, 3.8) is 0 Å². The van der Waals surface area contributed by atoms with E-state index in [9.17, 15) is 20.0 Å². The molecule has 0 radical (unpaired) electrons. The maximum atomic E-state index is 14.1. The number of nitrogens with one attached hydrogen (secondary N) is 2. The second-order valence-corrected chi connectivity index (χ2v) is 9.48. The van der Waals surface area contributed by atoms with Crippen LogP contribution in [-0.4, -0.2) is 61.5 Å². The molecular formula is C26H29N7O3. The lowest BCUT2D eigenvalue weighted by molar-refractivity contribution is -0.128. The highest BCUT2D eigenvalue weighted by atomic mass is 16.3. The number of likely N-dealkylation sites (tertiary alicyclic amines) is 1. The number of amides is 2. The zero-order valence-corrected chi connectivity index (χ0v) is 19.9. The Hall–Kier alpha value is -3.97. The van der Waals surface area contributed by atoms with Gasteiger partial charge in [-0.2, -0.15) is 5.26 Å². The minimum Gasteiger partial charge on any atom is -0.391 e. The fourth-order valence-corrected chi connectivity index (χ4v) is 5.21. The Kier molecular flexibility index (Phi) is 6.82. The second kappa shape index (κ2) is 10.3. The number of hydrogen-bond acceptors (Lipinski definition) is 7. The monoisotopic (exact) mass is 487 g/mol. The number of carbonyl (C=O) groups is 2. The van der Waals surface area contributed by atoms with Crippen LogP contribution in [0.1, 0.15) is 50.1 Å². The molecule has 1 aromatic carbocycles. The van der Waals surface area contributed by atoms with Crippen LogP contribution in [0.5, 0.6) is 0 Å². The smallest absolute Gasteiger partial charge is 0.253 e. The molecule has 2 fully saturated rings. The van der Waals surface area contributed by atoms with Crippen LogP contribution in [0.4, 0.5) is 5.95 Å². The molecule has 1 aliphatic carbocycles. The summed E-state index contributed by atoms with van der Waals surface area (Å²) in [5.41, 5.74) is 1.89. The number of hydrogen-bond donors (Lipinski definition) is 3. The number of aromatic nitrogens is 3. The van der Waals surface area contributed by atoms with Gasteiger partial charge in [0.25, 0.3) is 5.91 Å². The van der Waals surface area contributed by atoms with E-state index in [-0.39, 0.29) is 30.9 Å². The highest BCUT2D eigenvalue weighted by molar-refractivity contribution is 6.03. The van der Waals surface area contributed by atoms with Crippen LogP contribution >= 0.6 is 0 Å². The predicted molar refractivity (Wildman–Crippen MR) is 132 cm³/mol. The van der Waals surface area contributed by atoms with Gasteiger partial charge in [-0.05, 0) is 31.0 Å². The Morgan fingerprint density at radius 2 is 2.00 bits per heavy atom. The van der Waals surface area contributed by atoms with Gasteiger partial charge in [0.2, 0.25) is 11.9 Å². The molecule has 2 aromatic heterocycles. The third kappa shape index (κ3) is 4.75. The molecule has 1 saturated carbocycles. The molecule has 0 spiro atoms. The zero-order valence-electron chi connectivity index (χ0n) is 19.9. The first-order chi connectivity index (χ1) is 17.5. The normalized spacial score (nSPS) is 21.2. The van der Waals surface area contributed by atoms with E-state index in [4.69, 9.17) is 0 Å². The molecule has 1 aliphatic heterocycles. The Balaban J connectivity index is 1.59. The number of H-pyrrole nitrogens is 1. The molecule has 1 unspecified atom stereocenters. The predicted octanol–water partition coefficient (Wildman–Crippen LogP) is 2.40. The van der Waals surface area contributed by atoms with Gasteiger partial charge < -0.3 is 15.4 Å². The first kappa shape index (κ1) is 23.8. The Morgan fingerprint density at radius 3 is 2.72 bits per heavy atom. The van der Waals surface area contributed by atoms with Gasteiger partial charge in [0, 0.05) is 30.4 Å². The quantitative estimate of drug-likeness (QED) is 0.454. The van der Waals surface area contributed by atoms with Gasteiger partial charge in [0.1, 0.15) is 12.1 Å². The summed E-state index contributed by atoms with van der Waals surface area (Å²) in [5.74, 6) is -0.612. The lowest BCUT2D eigenvalue weighted by Gasteiger charge is -2.33. The van der Waals surface area contributed by atoms with E-state index in [2.05, 4.69) is 20.3 Å². The number of fused-ring (bicyclic) bond motifs is 1. The van der Waals surface area contributed by atoms with E-state index in [1.165, 1.54) is 9.80 Å². The van der Waals surface area contributed by atoms with E-state index in [1.54, 1.807) is 24.5 Å². The van der Waals surface area contributed by atoms with E-state index in [0.29, 0.717) is 16.6 Å². The third-order valence-electron chi connectivity index (χ3n) is 6.99. The molecule has 2 aliphatic rings. The number of carbonyl (C=O) groups excluding carboxylic acids is 2. The standard InChI is InChI=1S/C26H29N7O3/c27-16-32-15-19(34)13-22(32)25(36)33(26-30-20-10-4-5-11-21(20)31-26)23(17-7-6-12-28-14-17)24(35)29-18-8-2-1-3-9-18/h4-7,10-12,14,18-19,22-23,34H,1-3,8-9,13,15H2,(H,29,35)(H,30,31)/t19-,22-,23?/m1/s1. The van der Waals surface area contributed by atoms with E-state index in [0.717, 1.165) is 32.1 Å². The highest BCUT2D eigenvalue weighted by Gasteiger charge is 2.44. The highest BCUT2D eigenvalue weighted by Crippen LogP contribution is 2.31. The molecule has 3 N–H and O–H groups in total. The summed E-state index contributed by atoms with van der Waals surface area (Å²) in [6.45, 7) is 0.0622. The number of anilines is 1. The number of aliphatic hydroxyl groups is 1. The molecule has 0 bridgehead atoms. The minimum atomic E-state index is -1.06. The molecule has 3 aromatic rings. The van der Waals surface area contributed by atoms with Crippen LogP contribution in [0.3, 0.4) is 0 Å². The number of β-amino-alcohol motifs (C(OH)–C–C–N with tert-alkyl or cyclic N) is 1. The van der Waals surface area contributed by atoms with Crippen LogP contribution in [-0.2, 0) is 9.59 Å². The first-order valence-electron chi connectivity index (χ1n) is 12.4. The molecule has 10 nitrogen and oxygen atoms in total. The van der Waals surface area contributed by atoms with Gasteiger partial charge >= 0.3 is 0 Å². The second-order valence-electron chi connectivity index (χ2n) is 9.48. The molecule has 5 rings (SSSR count). The van der Waals surface area contributed by atoms with E-state index >= 15 is 0 Å². The molecule has 3 atom stereocenters. The van der Waals surface area contributed by atoms with Crippen LogP contribution < -0.4 is 10.2 Å². The maximum absolute atomic E-state index is 14.1. The number of aliphatic hydroxyl groups excluding tert-OH is 1. The number of nitrogens with zero attached hydrogens (tertiary/aromatic N) is 5. The fourth-order valence-electron chi connectivity index (χ4n) is 5.21. The average molecular weight is 488 g/mol. The van der Waals surface area contributed by atoms with Crippen molar-refractivity contribution < 1.29 is 14.7 Å². The zero-order chi connectivity index (χ0) is 25.1. The summed E-state index contributed by atoms with van der Waals surface area (Å²) in [5, 5.41) is 23.0. The summed E-state index contributed by atoms with van der Waals surface area (Å²) in [6, 6.07) is 8.89. The summed E-state index contributed by atoms with van der Waals surface area (Å²) >= 11 is 0. The molecule has 1 saturated heterocycles. The minimum absolute atomic E-state index is 0.0296. The number of nitriles is 1. The molecule has 36 heavy (non-hydrogen) atoms. The number of pyridine rings is 1. The van der Waals surface area contributed by atoms with Crippen molar-refractivity contribution in [2.24, 2.45) is 0 Å². The van der Waals surface area contributed by atoms with Gasteiger partial charge in [-0.15, -0.1) is 0 Å². The van der Waals surface area contributed by atoms with Crippen LogP contribution in [0.2, 0.25) is 0 Å². The third-order valence-corrected chi connectivity index (χ3v) is 6.99. The van der Waals surface area contributed by atoms with Crippen molar-refractivity contribution in [1.82, 2.24) is 25.2 Å². The first-order valence-corrected chi connectivity index (χ1v) is 12.4. The SMILES string of the molecule is N#CN1C[C@H](O)C[C@@H]1C(=O)N(c1nc2ccccc2[nH]1)C(C(=O)NC1CCCCC1)c1cccnc1. The van der Waals surface area contributed by atoms with Crippen molar-refractivity contribution >= 4 is 28.8 Å². The number of rotatable bonds is 6. The van der Waals surface area contributed by atoms with E-state index in [1.807, 2.05) is 30.5 Å². The van der Waals surface area contributed by atoms with Crippen molar-refractivity contribution in [2.45, 2.75) is 62.8 Å². The lowest BCUT2D eigenvalue weighted by Crippen LogP contribution is -2.52. The van der Waals surface area contributed by atoms with Crippen molar-refractivity contribution in [3.05, 3.63) is 54.4 Å². The van der Waals surface area contributed by atoms with Crippen molar-refractivity contribution in [1.29, 1.82) is 5.26 Å². The largest absolute Gasteiger partial charge is 0.391 e. The number of aromatic amines is 1. The Labute approximate surface area is 208 Å². The fraction of sp³-hybridized carbons (Fsp3) is 0.423. The number of para-hydroxylation sites is 2.